The molecular formula is C22H24N2O2. The van der Waals surface area contributed by atoms with Gasteiger partial charge in [0.2, 0.25) is 0 Å². The summed E-state index contributed by atoms with van der Waals surface area (Å²) in [6.45, 7) is 2.58. The van der Waals surface area contributed by atoms with Gasteiger partial charge in [-0.25, -0.2) is 0 Å². The molecule has 3 aromatic carbocycles. The average molecular weight is 348 g/mol. The molecule has 0 radical (unpaired) electrons. The Morgan fingerprint density at radius 2 is 1.35 bits per heavy atom. The number of nitrogens with one attached hydrogen (secondary N) is 2. The van der Waals surface area contributed by atoms with E-state index in [1.165, 1.54) is 5.56 Å². The minimum Gasteiger partial charge on any atom is -0.497 e. The first-order valence-electron chi connectivity index (χ1n) is 8.74. The van der Waals surface area contributed by atoms with Crippen LogP contribution in [0.4, 0.5) is 5.69 Å². The molecule has 0 spiro atoms. The number of rotatable bonds is 9. The van der Waals surface area contributed by atoms with Crippen molar-refractivity contribution in [2.45, 2.75) is 6.54 Å². The maximum Gasteiger partial charge on any atom is 0.127 e. The highest BCUT2D eigenvalue weighted by atomic mass is 16.5. The molecule has 0 heterocycles. The summed E-state index contributed by atoms with van der Waals surface area (Å²) in [5, 5.41) is 6.83. The summed E-state index contributed by atoms with van der Waals surface area (Å²) in [5.74, 6) is 2.56. The summed E-state index contributed by atoms with van der Waals surface area (Å²) in [6.07, 6.45) is 0. The van der Waals surface area contributed by atoms with Gasteiger partial charge in [0.15, 0.2) is 0 Å². The van der Waals surface area contributed by atoms with E-state index in [0.29, 0.717) is 0 Å². The van der Waals surface area contributed by atoms with E-state index in [-0.39, 0.29) is 0 Å². The third kappa shape index (κ3) is 5.53. The molecule has 2 N–H and O–H groups in total. The van der Waals surface area contributed by atoms with Crippen molar-refractivity contribution in [1.82, 2.24) is 5.32 Å². The topological polar surface area (TPSA) is 42.5 Å². The van der Waals surface area contributed by atoms with Crippen molar-refractivity contribution in [3.05, 3.63) is 84.4 Å². The predicted molar refractivity (Wildman–Crippen MR) is 106 cm³/mol. The second-order valence-electron chi connectivity index (χ2n) is 5.89. The van der Waals surface area contributed by atoms with Crippen LogP contribution < -0.4 is 20.1 Å². The quantitative estimate of drug-likeness (QED) is 0.551. The Morgan fingerprint density at radius 1 is 0.692 bits per heavy atom. The fraction of sp³-hybridized carbons (Fsp3) is 0.182. The van der Waals surface area contributed by atoms with Crippen molar-refractivity contribution >= 4 is 5.69 Å². The fourth-order valence-electron chi connectivity index (χ4n) is 2.54. The lowest BCUT2D eigenvalue weighted by molar-refractivity contribution is 0.414. The van der Waals surface area contributed by atoms with Crippen molar-refractivity contribution in [3.63, 3.8) is 0 Å². The molecule has 4 nitrogen and oxygen atoms in total. The van der Waals surface area contributed by atoms with Gasteiger partial charge in [-0.1, -0.05) is 30.3 Å². The highest BCUT2D eigenvalue weighted by Gasteiger charge is 1.98. The smallest absolute Gasteiger partial charge is 0.127 e. The van der Waals surface area contributed by atoms with Crippen LogP contribution in [0.1, 0.15) is 5.56 Å². The molecular weight excluding hydrogens is 324 g/mol. The van der Waals surface area contributed by atoms with Gasteiger partial charge in [-0.15, -0.1) is 0 Å². The lowest BCUT2D eigenvalue weighted by atomic mass is 10.2. The summed E-state index contributed by atoms with van der Waals surface area (Å²) < 4.78 is 11.0. The van der Waals surface area contributed by atoms with Gasteiger partial charge in [-0.2, -0.15) is 0 Å². The van der Waals surface area contributed by atoms with Gasteiger partial charge in [-0.3, -0.25) is 0 Å². The minimum absolute atomic E-state index is 0.833. The first-order valence-corrected chi connectivity index (χ1v) is 8.74. The van der Waals surface area contributed by atoms with Gasteiger partial charge in [0.1, 0.15) is 17.2 Å². The lowest BCUT2D eigenvalue weighted by Crippen LogP contribution is -2.21. The van der Waals surface area contributed by atoms with Crippen LogP contribution in [0.15, 0.2) is 78.9 Å². The van der Waals surface area contributed by atoms with Crippen LogP contribution in [0.2, 0.25) is 0 Å². The molecule has 0 aliphatic carbocycles. The van der Waals surface area contributed by atoms with E-state index in [9.17, 15) is 0 Å². The number of methoxy groups -OCH3 is 1. The number of ether oxygens (including phenoxy) is 2. The lowest BCUT2D eigenvalue weighted by Gasteiger charge is -2.10. The second kappa shape index (κ2) is 9.49. The summed E-state index contributed by atoms with van der Waals surface area (Å²) in [7, 11) is 1.68. The average Bonchev–Trinajstić information content (AvgIpc) is 2.70. The monoisotopic (exact) mass is 348 g/mol. The Hall–Kier alpha value is -2.98. The van der Waals surface area contributed by atoms with Crippen LogP contribution in [0.3, 0.4) is 0 Å². The molecule has 134 valence electrons. The Labute approximate surface area is 154 Å². The van der Waals surface area contributed by atoms with Crippen molar-refractivity contribution in [2.24, 2.45) is 0 Å². The largest absolute Gasteiger partial charge is 0.497 e. The molecule has 4 heteroatoms. The molecule has 0 saturated heterocycles. The number of anilines is 1. The molecule has 3 rings (SSSR count). The van der Waals surface area contributed by atoms with Crippen LogP contribution in [0.25, 0.3) is 0 Å². The molecule has 0 atom stereocenters. The third-order valence-electron chi connectivity index (χ3n) is 3.95. The molecule has 3 aromatic rings. The molecule has 0 aliphatic rings. The van der Waals surface area contributed by atoms with E-state index >= 15 is 0 Å². The van der Waals surface area contributed by atoms with Crippen LogP contribution in [-0.4, -0.2) is 20.2 Å². The fourth-order valence-corrected chi connectivity index (χ4v) is 2.54. The van der Waals surface area contributed by atoms with Gasteiger partial charge in [-0.05, 0) is 54.1 Å². The number of para-hydroxylation sites is 1. The Balaban J connectivity index is 1.36. The maximum atomic E-state index is 5.79. The summed E-state index contributed by atoms with van der Waals surface area (Å²) >= 11 is 0. The summed E-state index contributed by atoms with van der Waals surface area (Å²) in [5.41, 5.74) is 2.32. The predicted octanol–water partition coefficient (Wildman–Crippen LogP) is 4.69. The maximum absolute atomic E-state index is 5.79. The number of hydrogen-bond acceptors (Lipinski definition) is 4. The first kappa shape index (κ1) is 17.8. The van der Waals surface area contributed by atoms with Crippen LogP contribution >= 0.6 is 0 Å². The van der Waals surface area contributed by atoms with Gasteiger partial charge >= 0.3 is 0 Å². The molecule has 26 heavy (non-hydrogen) atoms. The van der Waals surface area contributed by atoms with Crippen molar-refractivity contribution in [2.75, 3.05) is 25.5 Å². The zero-order valence-corrected chi connectivity index (χ0v) is 14.9. The summed E-state index contributed by atoms with van der Waals surface area (Å²) in [4.78, 5) is 0. The van der Waals surface area contributed by atoms with Gasteiger partial charge < -0.3 is 20.1 Å². The van der Waals surface area contributed by atoms with Crippen molar-refractivity contribution in [3.8, 4) is 17.2 Å². The number of benzene rings is 3. The van der Waals surface area contributed by atoms with E-state index in [1.54, 1.807) is 7.11 Å². The van der Waals surface area contributed by atoms with E-state index in [0.717, 1.165) is 42.6 Å². The first-order chi connectivity index (χ1) is 12.8. The van der Waals surface area contributed by atoms with Crippen LogP contribution in [0, 0.1) is 0 Å². The molecule has 0 amide bonds. The second-order valence-corrected chi connectivity index (χ2v) is 5.89. The minimum atomic E-state index is 0.833. The Kier molecular flexibility index (Phi) is 6.51. The zero-order valence-electron chi connectivity index (χ0n) is 14.9. The Bertz CT molecular complexity index is 772. The van der Waals surface area contributed by atoms with E-state index in [4.69, 9.17) is 9.47 Å². The highest BCUT2D eigenvalue weighted by molar-refractivity contribution is 5.47. The molecule has 0 aromatic heterocycles. The molecule has 0 fully saturated rings. The highest BCUT2D eigenvalue weighted by Crippen LogP contribution is 2.22. The van der Waals surface area contributed by atoms with E-state index < -0.39 is 0 Å². The van der Waals surface area contributed by atoms with E-state index in [2.05, 4.69) is 22.8 Å². The normalized spacial score (nSPS) is 10.3. The van der Waals surface area contributed by atoms with Gasteiger partial charge in [0.25, 0.3) is 0 Å². The molecule has 0 unspecified atom stereocenters. The van der Waals surface area contributed by atoms with Gasteiger partial charge in [0, 0.05) is 25.3 Å². The van der Waals surface area contributed by atoms with Crippen LogP contribution in [-0.2, 0) is 6.54 Å². The molecule has 0 bridgehead atoms. The van der Waals surface area contributed by atoms with Crippen molar-refractivity contribution < 1.29 is 9.47 Å². The third-order valence-corrected chi connectivity index (χ3v) is 3.95. The van der Waals surface area contributed by atoms with E-state index in [1.807, 2.05) is 66.7 Å². The van der Waals surface area contributed by atoms with Crippen LogP contribution in [0.5, 0.6) is 17.2 Å². The summed E-state index contributed by atoms with van der Waals surface area (Å²) in [6, 6.07) is 25.9. The standard InChI is InChI=1S/C22H24N2O2/c1-25-20-11-7-18(8-12-20)17-23-15-16-24-19-9-13-22(14-10-19)26-21-5-3-2-4-6-21/h2-14,23-24H,15-17H2,1H3. The number of hydrogen-bond donors (Lipinski definition) is 2. The SMILES string of the molecule is COc1ccc(CNCCNc2ccc(Oc3ccccc3)cc2)cc1. The molecule has 0 aliphatic heterocycles. The Morgan fingerprint density at radius 3 is 2.04 bits per heavy atom. The van der Waals surface area contributed by atoms with Crippen molar-refractivity contribution in [1.29, 1.82) is 0 Å². The zero-order chi connectivity index (χ0) is 18.0. The van der Waals surface area contributed by atoms with Gasteiger partial charge in [0.05, 0.1) is 7.11 Å². The molecule has 0 saturated carbocycles.